The van der Waals surface area contributed by atoms with Gasteiger partial charge in [0.2, 0.25) is 0 Å². The van der Waals surface area contributed by atoms with Crippen molar-refractivity contribution < 1.29 is 23.1 Å². The fourth-order valence-electron chi connectivity index (χ4n) is 1.17. The Morgan fingerprint density at radius 2 is 2.08 bits per heavy atom. The number of halogens is 3. The quantitative estimate of drug-likeness (QED) is 0.626. The van der Waals surface area contributed by atoms with Gasteiger partial charge in [-0.2, -0.15) is 13.2 Å². The average Bonchev–Trinajstić information content (AvgIpc) is 2.30. The van der Waals surface area contributed by atoms with E-state index in [1.165, 1.54) is 0 Å². The lowest BCUT2D eigenvalue weighted by Crippen LogP contribution is -2.36. The fourth-order valence-corrected chi connectivity index (χ4v) is 1.17. The molecule has 70 valence electrons. The Morgan fingerprint density at radius 3 is 2.33 bits per heavy atom. The maximum atomic E-state index is 11.9. The highest BCUT2D eigenvalue weighted by Crippen LogP contribution is 2.28. The van der Waals surface area contributed by atoms with Gasteiger partial charge < -0.3 is 10.4 Å². The predicted molar refractivity (Wildman–Crippen MR) is 33.6 cm³/mol. The van der Waals surface area contributed by atoms with Crippen LogP contribution in [0.15, 0.2) is 0 Å². The van der Waals surface area contributed by atoms with Gasteiger partial charge in [-0.3, -0.25) is 4.79 Å². The van der Waals surface area contributed by atoms with E-state index in [1.807, 2.05) is 0 Å². The van der Waals surface area contributed by atoms with E-state index < -0.39 is 24.1 Å². The van der Waals surface area contributed by atoms with E-state index in [-0.39, 0.29) is 13.0 Å². The number of carbonyl (C=O) groups is 1. The van der Waals surface area contributed by atoms with Crippen LogP contribution >= 0.6 is 0 Å². The molecule has 0 aliphatic carbocycles. The third kappa shape index (κ3) is 1.88. The first kappa shape index (κ1) is 9.31. The molecule has 6 heteroatoms. The first-order valence-corrected chi connectivity index (χ1v) is 3.44. The number of carboxylic acid groups (broad SMARTS) is 1. The summed E-state index contributed by atoms with van der Waals surface area (Å²) in [6.45, 7) is -0.0977. The van der Waals surface area contributed by atoms with Gasteiger partial charge in [-0.15, -0.1) is 0 Å². The summed E-state index contributed by atoms with van der Waals surface area (Å²) >= 11 is 0. The van der Waals surface area contributed by atoms with Gasteiger partial charge in [0.25, 0.3) is 0 Å². The van der Waals surface area contributed by atoms with Crippen molar-refractivity contribution >= 4 is 5.97 Å². The number of hydrogen-bond donors (Lipinski definition) is 2. The molecule has 1 fully saturated rings. The highest BCUT2D eigenvalue weighted by molar-refractivity contribution is 5.70. The lowest BCUT2D eigenvalue weighted by molar-refractivity contribution is -0.154. The van der Waals surface area contributed by atoms with Crippen LogP contribution in [0, 0.1) is 5.92 Å². The molecule has 1 heterocycles. The van der Waals surface area contributed by atoms with Crippen LogP contribution in [0.5, 0.6) is 0 Å². The van der Waals surface area contributed by atoms with Crippen LogP contribution in [-0.2, 0) is 4.79 Å². The van der Waals surface area contributed by atoms with Crippen molar-refractivity contribution in [2.45, 2.75) is 18.6 Å². The number of alkyl halides is 3. The molecule has 3 nitrogen and oxygen atoms in total. The molecule has 0 unspecified atom stereocenters. The highest BCUT2D eigenvalue weighted by atomic mass is 19.4. The van der Waals surface area contributed by atoms with Crippen LogP contribution in [0.2, 0.25) is 0 Å². The third-order valence-corrected chi connectivity index (χ3v) is 1.88. The maximum absolute atomic E-state index is 11.9. The number of carboxylic acids is 1. The molecule has 2 N–H and O–H groups in total. The lowest BCUT2D eigenvalue weighted by Gasteiger charge is -2.13. The normalized spacial score (nSPS) is 30.6. The molecule has 1 aliphatic heterocycles. The Kier molecular flexibility index (Phi) is 2.27. The zero-order valence-electron chi connectivity index (χ0n) is 6.06. The van der Waals surface area contributed by atoms with Crippen LogP contribution in [-0.4, -0.2) is 29.8 Å². The number of aliphatic carboxylic acids is 1. The lowest BCUT2D eigenvalue weighted by atomic mass is 10.1. The van der Waals surface area contributed by atoms with Crippen LogP contribution in [0.3, 0.4) is 0 Å². The van der Waals surface area contributed by atoms with Crippen molar-refractivity contribution in [3.63, 3.8) is 0 Å². The van der Waals surface area contributed by atoms with Crippen LogP contribution in [0.25, 0.3) is 0 Å². The van der Waals surface area contributed by atoms with Crippen molar-refractivity contribution in [2.24, 2.45) is 5.92 Å². The van der Waals surface area contributed by atoms with Crippen molar-refractivity contribution in [3.05, 3.63) is 0 Å². The van der Waals surface area contributed by atoms with Crippen molar-refractivity contribution in [1.29, 1.82) is 0 Å². The van der Waals surface area contributed by atoms with Gasteiger partial charge in [-0.25, -0.2) is 0 Å². The van der Waals surface area contributed by atoms with Crippen LogP contribution in [0.1, 0.15) is 6.42 Å². The molecule has 0 saturated carbocycles. The zero-order chi connectivity index (χ0) is 9.35. The summed E-state index contributed by atoms with van der Waals surface area (Å²) in [6.07, 6.45) is -4.69. The molecular formula is C6H8F3NO2. The van der Waals surface area contributed by atoms with Crippen molar-refractivity contribution in [1.82, 2.24) is 5.32 Å². The summed E-state index contributed by atoms with van der Waals surface area (Å²) in [7, 11) is 0. The van der Waals surface area contributed by atoms with E-state index in [2.05, 4.69) is 5.32 Å². The Hall–Kier alpha value is -0.780. The SMILES string of the molecule is O=C(O)[C@H]1CN[C@H](C(F)(F)F)C1. The van der Waals surface area contributed by atoms with Crippen molar-refractivity contribution in [3.8, 4) is 0 Å². The number of nitrogens with one attached hydrogen (secondary N) is 1. The van der Waals surface area contributed by atoms with E-state index >= 15 is 0 Å². The zero-order valence-corrected chi connectivity index (χ0v) is 6.06. The Bertz CT molecular complexity index is 192. The molecule has 1 saturated heterocycles. The summed E-state index contributed by atoms with van der Waals surface area (Å²) in [4.78, 5) is 10.3. The monoisotopic (exact) mass is 183 g/mol. The second kappa shape index (κ2) is 2.93. The summed E-state index contributed by atoms with van der Waals surface area (Å²) in [5, 5.41) is 10.5. The standard InChI is InChI=1S/C6H8F3NO2/c7-6(8,9)4-1-3(2-10-4)5(11)12/h3-4,10H,1-2H2,(H,11,12)/t3-,4+/m1/s1. The average molecular weight is 183 g/mol. The molecule has 1 aliphatic rings. The second-order valence-corrected chi connectivity index (χ2v) is 2.77. The van der Waals surface area contributed by atoms with Gasteiger partial charge in [0.1, 0.15) is 6.04 Å². The van der Waals surface area contributed by atoms with E-state index in [1.54, 1.807) is 0 Å². The molecule has 0 aromatic rings. The molecular weight excluding hydrogens is 175 g/mol. The highest BCUT2D eigenvalue weighted by Gasteiger charge is 2.45. The van der Waals surface area contributed by atoms with Crippen molar-refractivity contribution in [2.75, 3.05) is 6.54 Å². The molecule has 0 spiro atoms. The van der Waals surface area contributed by atoms with Gasteiger partial charge in [0.05, 0.1) is 5.92 Å². The predicted octanol–water partition coefficient (Wildman–Crippen LogP) is 0.611. The molecule has 0 bridgehead atoms. The first-order chi connectivity index (χ1) is 5.41. The number of rotatable bonds is 1. The Balaban J connectivity index is 2.51. The van der Waals surface area contributed by atoms with Gasteiger partial charge >= 0.3 is 12.1 Å². The molecule has 12 heavy (non-hydrogen) atoms. The summed E-state index contributed by atoms with van der Waals surface area (Å²) in [5.41, 5.74) is 0. The van der Waals surface area contributed by atoms with E-state index in [4.69, 9.17) is 5.11 Å². The van der Waals surface area contributed by atoms with Crippen LogP contribution < -0.4 is 5.32 Å². The third-order valence-electron chi connectivity index (χ3n) is 1.88. The summed E-state index contributed by atoms with van der Waals surface area (Å²) in [5.74, 6) is -2.08. The molecule has 0 radical (unpaired) electrons. The van der Waals surface area contributed by atoms with Crippen LogP contribution in [0.4, 0.5) is 13.2 Å². The molecule has 1 rings (SSSR count). The molecule has 0 amide bonds. The topological polar surface area (TPSA) is 49.3 Å². The van der Waals surface area contributed by atoms with E-state index in [0.29, 0.717) is 0 Å². The summed E-state index contributed by atoms with van der Waals surface area (Å²) in [6, 6.07) is -1.65. The van der Waals surface area contributed by atoms with E-state index in [9.17, 15) is 18.0 Å². The fraction of sp³-hybridized carbons (Fsp3) is 0.833. The summed E-state index contributed by atoms with van der Waals surface area (Å²) < 4.78 is 35.8. The van der Waals surface area contributed by atoms with Gasteiger partial charge in [-0.1, -0.05) is 0 Å². The maximum Gasteiger partial charge on any atom is 0.403 e. The van der Waals surface area contributed by atoms with Gasteiger partial charge in [-0.05, 0) is 6.42 Å². The minimum absolute atomic E-state index is 0.0977. The Morgan fingerprint density at radius 1 is 1.50 bits per heavy atom. The van der Waals surface area contributed by atoms with Gasteiger partial charge in [0, 0.05) is 6.54 Å². The minimum Gasteiger partial charge on any atom is -0.481 e. The Labute approximate surface area is 66.6 Å². The first-order valence-electron chi connectivity index (χ1n) is 3.44. The minimum atomic E-state index is -4.33. The molecule has 2 atom stereocenters. The smallest absolute Gasteiger partial charge is 0.403 e. The van der Waals surface area contributed by atoms with E-state index in [0.717, 1.165) is 0 Å². The molecule has 0 aromatic heterocycles. The second-order valence-electron chi connectivity index (χ2n) is 2.77. The molecule has 0 aromatic carbocycles. The number of hydrogen-bond acceptors (Lipinski definition) is 2. The van der Waals surface area contributed by atoms with Gasteiger partial charge in [0.15, 0.2) is 0 Å². The largest absolute Gasteiger partial charge is 0.481 e.